The summed E-state index contributed by atoms with van der Waals surface area (Å²) in [7, 11) is 3.49. The maximum absolute atomic E-state index is 13.2. The summed E-state index contributed by atoms with van der Waals surface area (Å²) in [5.41, 5.74) is 2.49. The number of carbonyl (C=O) groups excluding carboxylic acids is 2. The number of aryl methyl sites for hydroxylation is 1. The number of benzene rings is 1. The van der Waals surface area contributed by atoms with Crippen LogP contribution in [0.15, 0.2) is 36.5 Å². The molecule has 0 aliphatic heterocycles. The minimum atomic E-state index is -0.279. The van der Waals surface area contributed by atoms with Gasteiger partial charge in [0.15, 0.2) is 5.78 Å². The van der Waals surface area contributed by atoms with E-state index in [1.165, 1.54) is 0 Å². The van der Waals surface area contributed by atoms with Crippen molar-refractivity contribution in [2.75, 3.05) is 20.3 Å². The van der Waals surface area contributed by atoms with Crippen molar-refractivity contribution in [1.82, 2.24) is 14.7 Å². The maximum Gasteiger partial charge on any atom is 0.230 e. The van der Waals surface area contributed by atoms with Gasteiger partial charge < -0.3 is 9.64 Å². The van der Waals surface area contributed by atoms with Gasteiger partial charge in [-0.15, -0.1) is 0 Å². The fourth-order valence-electron chi connectivity index (χ4n) is 3.32. The topological polar surface area (TPSA) is 64.4 Å². The number of ether oxygens (including phenoxy) is 1. The van der Waals surface area contributed by atoms with Crippen LogP contribution >= 0.6 is 0 Å². The third-order valence-electron chi connectivity index (χ3n) is 4.75. The van der Waals surface area contributed by atoms with E-state index in [4.69, 9.17) is 4.74 Å². The molecule has 1 aliphatic carbocycles. The summed E-state index contributed by atoms with van der Waals surface area (Å²) >= 11 is 0. The lowest BCUT2D eigenvalue weighted by molar-refractivity contribution is -0.134. The maximum atomic E-state index is 13.2. The molecular weight excluding hydrogens is 318 g/mol. The Bertz CT molecular complexity index is 769. The van der Waals surface area contributed by atoms with Gasteiger partial charge in [0.2, 0.25) is 5.91 Å². The molecule has 1 atom stereocenters. The van der Waals surface area contributed by atoms with Gasteiger partial charge in [-0.1, -0.05) is 24.3 Å². The fourth-order valence-corrected chi connectivity index (χ4v) is 3.32. The molecule has 1 heterocycles. The molecule has 0 spiro atoms. The summed E-state index contributed by atoms with van der Waals surface area (Å²) in [5.74, 6) is -0.119. The Hall–Kier alpha value is -2.47. The van der Waals surface area contributed by atoms with Gasteiger partial charge in [0.05, 0.1) is 24.8 Å². The molecule has 6 heteroatoms. The van der Waals surface area contributed by atoms with Crippen molar-refractivity contribution in [3.8, 4) is 0 Å². The second-order valence-electron chi connectivity index (χ2n) is 6.30. The zero-order valence-corrected chi connectivity index (χ0v) is 14.6. The van der Waals surface area contributed by atoms with Crippen LogP contribution in [0, 0.1) is 0 Å². The first-order chi connectivity index (χ1) is 12.1. The summed E-state index contributed by atoms with van der Waals surface area (Å²) in [5, 5.41) is 4.17. The van der Waals surface area contributed by atoms with Crippen LogP contribution in [-0.2, 0) is 23.1 Å². The Labute approximate surface area is 147 Å². The summed E-state index contributed by atoms with van der Waals surface area (Å²) in [4.78, 5) is 27.2. The van der Waals surface area contributed by atoms with Gasteiger partial charge >= 0.3 is 0 Å². The van der Waals surface area contributed by atoms with E-state index < -0.39 is 0 Å². The monoisotopic (exact) mass is 341 g/mol. The number of Topliss-reactive ketones (excluding diaryl/α,β-unsaturated/α-hetero) is 1. The number of hydrogen-bond donors (Lipinski definition) is 0. The first kappa shape index (κ1) is 17.4. The number of methoxy groups -OCH3 is 1. The first-order valence-corrected chi connectivity index (χ1v) is 8.48. The quantitative estimate of drug-likeness (QED) is 0.808. The van der Waals surface area contributed by atoms with E-state index in [0.29, 0.717) is 38.1 Å². The second-order valence-corrected chi connectivity index (χ2v) is 6.30. The molecule has 0 N–H and O–H groups in total. The van der Waals surface area contributed by atoms with Gasteiger partial charge in [-0.2, -0.15) is 5.10 Å². The number of hydrogen-bond acceptors (Lipinski definition) is 4. The highest BCUT2D eigenvalue weighted by molar-refractivity contribution is 6.01. The SMILES string of the molecule is COCCN(Cc1ccnn1C)C(=O)C1CCC(=O)c2ccccc21. The number of aromatic nitrogens is 2. The summed E-state index contributed by atoms with van der Waals surface area (Å²) < 4.78 is 6.94. The largest absolute Gasteiger partial charge is 0.383 e. The molecule has 25 heavy (non-hydrogen) atoms. The molecule has 1 aromatic heterocycles. The standard InChI is InChI=1S/C19H23N3O3/c1-21-14(9-10-20-21)13-22(11-12-25-2)19(24)17-7-8-18(23)16-6-4-3-5-15(16)17/h3-6,9-10,17H,7-8,11-13H2,1-2H3. The van der Waals surface area contributed by atoms with Crippen molar-refractivity contribution >= 4 is 11.7 Å². The number of ketones is 1. The van der Waals surface area contributed by atoms with Crippen molar-refractivity contribution in [3.05, 3.63) is 53.3 Å². The number of amides is 1. The van der Waals surface area contributed by atoms with Gasteiger partial charge in [0.1, 0.15) is 0 Å². The fraction of sp³-hybridized carbons (Fsp3) is 0.421. The van der Waals surface area contributed by atoms with Gasteiger partial charge in [-0.05, 0) is 18.1 Å². The zero-order valence-electron chi connectivity index (χ0n) is 14.6. The Morgan fingerprint density at radius 3 is 2.88 bits per heavy atom. The minimum Gasteiger partial charge on any atom is -0.383 e. The molecule has 0 saturated carbocycles. The third-order valence-corrected chi connectivity index (χ3v) is 4.75. The van der Waals surface area contributed by atoms with E-state index in [1.807, 2.05) is 37.4 Å². The minimum absolute atomic E-state index is 0.0400. The molecular formula is C19H23N3O3. The van der Waals surface area contributed by atoms with E-state index in [1.54, 1.807) is 22.9 Å². The Morgan fingerprint density at radius 2 is 2.16 bits per heavy atom. The van der Waals surface area contributed by atoms with Crippen LogP contribution in [0.3, 0.4) is 0 Å². The van der Waals surface area contributed by atoms with Crippen molar-refractivity contribution < 1.29 is 14.3 Å². The molecule has 0 radical (unpaired) electrons. The van der Waals surface area contributed by atoms with E-state index in [0.717, 1.165) is 11.3 Å². The van der Waals surface area contributed by atoms with Crippen LogP contribution in [0.2, 0.25) is 0 Å². The lowest BCUT2D eigenvalue weighted by atomic mass is 9.81. The average molecular weight is 341 g/mol. The molecule has 132 valence electrons. The number of rotatable bonds is 6. The highest BCUT2D eigenvalue weighted by Crippen LogP contribution is 2.33. The van der Waals surface area contributed by atoms with Crippen LogP contribution in [0.4, 0.5) is 0 Å². The Kier molecular flexibility index (Phi) is 5.28. The number of nitrogens with zero attached hydrogens (tertiary/aromatic N) is 3. The van der Waals surface area contributed by atoms with Gasteiger partial charge in [0.25, 0.3) is 0 Å². The second kappa shape index (κ2) is 7.61. The average Bonchev–Trinajstić information content (AvgIpc) is 3.03. The highest BCUT2D eigenvalue weighted by Gasteiger charge is 2.33. The molecule has 6 nitrogen and oxygen atoms in total. The van der Waals surface area contributed by atoms with E-state index in [2.05, 4.69) is 5.10 Å². The van der Waals surface area contributed by atoms with Crippen molar-refractivity contribution in [3.63, 3.8) is 0 Å². The molecule has 1 unspecified atom stereocenters. The number of carbonyl (C=O) groups is 2. The summed E-state index contributed by atoms with van der Waals surface area (Å²) in [6.07, 6.45) is 2.70. The predicted molar refractivity (Wildman–Crippen MR) is 93.2 cm³/mol. The Morgan fingerprint density at radius 1 is 1.36 bits per heavy atom. The van der Waals surface area contributed by atoms with Crippen molar-refractivity contribution in [2.45, 2.75) is 25.3 Å². The molecule has 2 aromatic rings. The molecule has 0 bridgehead atoms. The first-order valence-electron chi connectivity index (χ1n) is 8.48. The van der Waals surface area contributed by atoms with Crippen molar-refractivity contribution in [2.24, 2.45) is 7.05 Å². The highest BCUT2D eigenvalue weighted by atomic mass is 16.5. The van der Waals surface area contributed by atoms with Crippen LogP contribution in [-0.4, -0.2) is 46.6 Å². The van der Waals surface area contributed by atoms with Gasteiger partial charge in [0, 0.05) is 38.9 Å². The van der Waals surface area contributed by atoms with Gasteiger partial charge in [-0.3, -0.25) is 14.3 Å². The number of fused-ring (bicyclic) bond motifs is 1. The molecule has 1 aliphatic rings. The van der Waals surface area contributed by atoms with E-state index in [9.17, 15) is 9.59 Å². The predicted octanol–water partition coefficient (Wildman–Crippen LogP) is 2.16. The zero-order chi connectivity index (χ0) is 17.8. The molecule has 3 rings (SSSR count). The van der Waals surface area contributed by atoms with Crippen molar-refractivity contribution in [1.29, 1.82) is 0 Å². The lowest BCUT2D eigenvalue weighted by Gasteiger charge is -2.30. The van der Waals surface area contributed by atoms with Crippen LogP contribution in [0.25, 0.3) is 0 Å². The van der Waals surface area contributed by atoms with Crippen LogP contribution < -0.4 is 0 Å². The normalized spacial score (nSPS) is 16.6. The molecule has 0 fully saturated rings. The lowest BCUT2D eigenvalue weighted by Crippen LogP contribution is -2.39. The smallest absolute Gasteiger partial charge is 0.230 e. The summed E-state index contributed by atoms with van der Waals surface area (Å²) in [6, 6.07) is 9.36. The Balaban J connectivity index is 1.86. The summed E-state index contributed by atoms with van der Waals surface area (Å²) in [6.45, 7) is 1.45. The van der Waals surface area contributed by atoms with E-state index in [-0.39, 0.29) is 17.6 Å². The molecule has 1 amide bonds. The molecule has 0 saturated heterocycles. The third kappa shape index (κ3) is 3.64. The van der Waals surface area contributed by atoms with E-state index >= 15 is 0 Å². The van der Waals surface area contributed by atoms with Gasteiger partial charge in [-0.25, -0.2) is 0 Å². The van der Waals surface area contributed by atoms with Crippen LogP contribution in [0.5, 0.6) is 0 Å². The molecule has 1 aromatic carbocycles. The van der Waals surface area contributed by atoms with Crippen LogP contribution in [0.1, 0.15) is 40.4 Å².